The fraction of sp³-hybridized carbons (Fsp3) is 0.167. The molecule has 2 aromatic heterocycles. The van der Waals surface area contributed by atoms with E-state index in [2.05, 4.69) is 4.98 Å². The van der Waals surface area contributed by atoms with Crippen LogP contribution in [0.4, 0.5) is 0 Å². The Morgan fingerprint density at radius 3 is 3.17 bits per heavy atom. The molecular formula is C12H9ClN2O3. The first-order chi connectivity index (χ1) is 8.69. The maximum absolute atomic E-state index is 11.5. The quantitative estimate of drug-likeness (QED) is 0.668. The van der Waals surface area contributed by atoms with E-state index in [-0.39, 0.29) is 5.69 Å². The van der Waals surface area contributed by atoms with Crippen molar-refractivity contribution in [2.45, 2.75) is 6.92 Å². The fourth-order valence-electron chi connectivity index (χ4n) is 1.77. The fourth-order valence-corrected chi connectivity index (χ4v) is 1.94. The first-order valence-electron chi connectivity index (χ1n) is 5.43. The molecule has 0 aliphatic heterocycles. The molecule has 1 aromatic carbocycles. The Morgan fingerprint density at radius 2 is 2.39 bits per heavy atom. The van der Waals surface area contributed by atoms with E-state index in [1.807, 2.05) is 0 Å². The van der Waals surface area contributed by atoms with Crippen molar-refractivity contribution in [1.29, 1.82) is 0 Å². The smallest absolute Gasteiger partial charge is 0.358 e. The van der Waals surface area contributed by atoms with Crippen LogP contribution in [0, 0.1) is 0 Å². The van der Waals surface area contributed by atoms with E-state index in [9.17, 15) is 4.79 Å². The van der Waals surface area contributed by atoms with Crippen LogP contribution in [-0.2, 0) is 4.74 Å². The van der Waals surface area contributed by atoms with E-state index >= 15 is 0 Å². The van der Waals surface area contributed by atoms with Gasteiger partial charge in [0.2, 0.25) is 0 Å². The molecule has 3 aromatic rings. The first kappa shape index (κ1) is 11.1. The number of imidazole rings is 1. The molecule has 0 amide bonds. The van der Waals surface area contributed by atoms with Crippen molar-refractivity contribution in [3.63, 3.8) is 0 Å². The second-order valence-electron chi connectivity index (χ2n) is 3.71. The van der Waals surface area contributed by atoms with E-state index in [1.165, 1.54) is 0 Å². The third kappa shape index (κ3) is 1.64. The van der Waals surface area contributed by atoms with Crippen LogP contribution in [0.1, 0.15) is 17.4 Å². The van der Waals surface area contributed by atoms with Gasteiger partial charge < -0.3 is 9.15 Å². The average Bonchev–Trinajstić information content (AvgIpc) is 2.87. The molecule has 18 heavy (non-hydrogen) atoms. The molecule has 0 radical (unpaired) electrons. The molecule has 0 aliphatic carbocycles. The Balaban J connectivity index is 2.18. The molecule has 0 spiro atoms. The lowest BCUT2D eigenvalue weighted by Crippen LogP contribution is -2.04. The summed E-state index contributed by atoms with van der Waals surface area (Å²) in [5.41, 5.74) is 1.65. The Bertz CT molecular complexity index is 744. The van der Waals surface area contributed by atoms with Gasteiger partial charge in [-0.3, -0.25) is 4.40 Å². The number of carbonyl (C=O) groups excluding carboxylic acids is 1. The number of benzene rings is 1. The highest BCUT2D eigenvalue weighted by Crippen LogP contribution is 2.23. The monoisotopic (exact) mass is 264 g/mol. The molecule has 6 heteroatoms. The lowest BCUT2D eigenvalue weighted by molar-refractivity contribution is 0.0520. The van der Waals surface area contributed by atoms with Gasteiger partial charge >= 0.3 is 11.8 Å². The Labute approximate surface area is 107 Å². The minimum Gasteiger partial charge on any atom is -0.461 e. The zero-order valence-corrected chi connectivity index (χ0v) is 10.3. The number of nitrogens with zero attached hydrogens (tertiary/aromatic N) is 2. The van der Waals surface area contributed by atoms with Crippen molar-refractivity contribution in [2.24, 2.45) is 0 Å². The van der Waals surface area contributed by atoms with Crippen molar-refractivity contribution in [2.75, 3.05) is 6.61 Å². The third-order valence-corrected chi connectivity index (χ3v) is 2.77. The number of ether oxygens (including phenoxy) is 1. The van der Waals surface area contributed by atoms with Crippen molar-refractivity contribution >= 4 is 34.5 Å². The Morgan fingerprint density at radius 1 is 1.56 bits per heavy atom. The number of esters is 1. The van der Waals surface area contributed by atoms with Crippen LogP contribution in [0.25, 0.3) is 16.9 Å². The van der Waals surface area contributed by atoms with Gasteiger partial charge in [0.1, 0.15) is 0 Å². The molecule has 0 saturated carbocycles. The van der Waals surface area contributed by atoms with Gasteiger partial charge in [-0.2, -0.15) is 4.98 Å². The number of oxazole rings is 1. The zero-order valence-electron chi connectivity index (χ0n) is 9.51. The van der Waals surface area contributed by atoms with Crippen LogP contribution in [0.3, 0.4) is 0 Å². The molecule has 3 rings (SSSR count). The summed E-state index contributed by atoms with van der Waals surface area (Å²) in [7, 11) is 0. The number of hydrogen-bond acceptors (Lipinski definition) is 4. The van der Waals surface area contributed by atoms with Crippen molar-refractivity contribution in [1.82, 2.24) is 9.38 Å². The van der Waals surface area contributed by atoms with Gasteiger partial charge in [0.25, 0.3) is 0 Å². The maximum Gasteiger partial charge on any atom is 0.358 e. The normalized spacial score (nSPS) is 11.2. The van der Waals surface area contributed by atoms with Crippen molar-refractivity contribution in [3.8, 4) is 0 Å². The molecule has 92 valence electrons. The highest BCUT2D eigenvalue weighted by molar-refractivity contribution is 6.31. The summed E-state index contributed by atoms with van der Waals surface area (Å²) in [5, 5.41) is 0.594. The minimum absolute atomic E-state index is 0.220. The standard InChI is InChI=1S/C12H9ClN2O3/c1-2-17-11(16)8-6-15-9-5-7(13)3-4-10(9)18-12(15)14-8/h3-6H,2H2,1H3. The van der Waals surface area contributed by atoms with Gasteiger partial charge in [0.15, 0.2) is 11.3 Å². The largest absolute Gasteiger partial charge is 0.461 e. The summed E-state index contributed by atoms with van der Waals surface area (Å²) in [6.07, 6.45) is 1.58. The second-order valence-corrected chi connectivity index (χ2v) is 4.15. The SMILES string of the molecule is CCOC(=O)c1cn2c(n1)oc1ccc(Cl)cc12. The van der Waals surface area contributed by atoms with Gasteiger partial charge in [-0.25, -0.2) is 4.79 Å². The summed E-state index contributed by atoms with van der Waals surface area (Å²) in [5.74, 6) is -0.123. The Hall–Kier alpha value is -2.01. The lowest BCUT2D eigenvalue weighted by Gasteiger charge is -1.95. The van der Waals surface area contributed by atoms with Crippen molar-refractivity contribution < 1.29 is 13.9 Å². The average molecular weight is 265 g/mol. The van der Waals surface area contributed by atoms with Gasteiger partial charge in [-0.05, 0) is 25.1 Å². The van der Waals surface area contributed by atoms with E-state index in [0.29, 0.717) is 23.1 Å². The molecule has 0 bridgehead atoms. The van der Waals surface area contributed by atoms with Gasteiger partial charge in [-0.15, -0.1) is 0 Å². The number of hydrogen-bond donors (Lipinski definition) is 0. The van der Waals surface area contributed by atoms with Gasteiger partial charge in [0, 0.05) is 11.2 Å². The van der Waals surface area contributed by atoms with E-state index in [1.54, 1.807) is 35.7 Å². The molecule has 0 aliphatic rings. The van der Waals surface area contributed by atoms with Crippen LogP contribution in [0.2, 0.25) is 5.02 Å². The topological polar surface area (TPSA) is 56.7 Å². The van der Waals surface area contributed by atoms with Crippen LogP contribution in [0.15, 0.2) is 28.8 Å². The lowest BCUT2D eigenvalue weighted by atomic mass is 10.3. The molecule has 0 saturated heterocycles. The minimum atomic E-state index is -0.466. The molecule has 0 unspecified atom stereocenters. The summed E-state index contributed by atoms with van der Waals surface area (Å²) in [4.78, 5) is 15.6. The number of halogens is 1. The van der Waals surface area contributed by atoms with Crippen molar-refractivity contribution in [3.05, 3.63) is 35.1 Å². The number of carbonyl (C=O) groups is 1. The number of fused-ring (bicyclic) bond motifs is 3. The number of aromatic nitrogens is 2. The second kappa shape index (κ2) is 4.03. The van der Waals surface area contributed by atoms with Crippen LogP contribution in [0.5, 0.6) is 0 Å². The predicted octanol–water partition coefficient (Wildman–Crippen LogP) is 2.91. The summed E-state index contributed by atoms with van der Waals surface area (Å²) in [6.45, 7) is 2.05. The predicted molar refractivity (Wildman–Crippen MR) is 65.9 cm³/mol. The molecular weight excluding hydrogens is 256 g/mol. The van der Waals surface area contributed by atoms with Crippen LogP contribution in [-0.4, -0.2) is 22.0 Å². The molecule has 0 fully saturated rings. The zero-order chi connectivity index (χ0) is 12.7. The Kier molecular flexibility index (Phi) is 2.48. The maximum atomic E-state index is 11.5. The van der Waals surface area contributed by atoms with Gasteiger partial charge in [-0.1, -0.05) is 11.6 Å². The highest BCUT2D eigenvalue weighted by atomic mass is 35.5. The van der Waals surface area contributed by atoms with Gasteiger partial charge in [0.05, 0.1) is 12.1 Å². The summed E-state index contributed by atoms with van der Waals surface area (Å²) < 4.78 is 12.1. The van der Waals surface area contributed by atoms with Crippen LogP contribution < -0.4 is 0 Å². The highest BCUT2D eigenvalue weighted by Gasteiger charge is 2.16. The van der Waals surface area contributed by atoms with E-state index in [4.69, 9.17) is 20.8 Å². The molecule has 0 atom stereocenters. The summed E-state index contributed by atoms with van der Waals surface area (Å²) in [6, 6.07) is 5.25. The summed E-state index contributed by atoms with van der Waals surface area (Å²) >= 11 is 5.93. The molecule has 2 heterocycles. The van der Waals surface area contributed by atoms with E-state index in [0.717, 1.165) is 5.52 Å². The van der Waals surface area contributed by atoms with Crippen LogP contribution >= 0.6 is 11.6 Å². The number of rotatable bonds is 2. The third-order valence-electron chi connectivity index (χ3n) is 2.54. The molecule has 5 nitrogen and oxygen atoms in total. The first-order valence-corrected chi connectivity index (χ1v) is 5.81. The van der Waals surface area contributed by atoms with E-state index < -0.39 is 5.97 Å². The molecule has 0 N–H and O–H groups in total.